The van der Waals surface area contributed by atoms with E-state index in [9.17, 15) is 4.79 Å². The minimum atomic E-state index is -0.287. The number of ether oxygens (including phenoxy) is 2. The first-order valence-electron chi connectivity index (χ1n) is 5.08. The molecule has 0 unspecified atom stereocenters. The van der Waals surface area contributed by atoms with Gasteiger partial charge in [0.15, 0.2) is 5.17 Å². The van der Waals surface area contributed by atoms with Crippen molar-refractivity contribution in [1.82, 2.24) is 5.32 Å². The summed E-state index contributed by atoms with van der Waals surface area (Å²) in [6.45, 7) is 1.66. The predicted molar refractivity (Wildman–Crippen MR) is 61.8 cm³/mol. The lowest BCUT2D eigenvalue weighted by Crippen LogP contribution is -2.37. The highest BCUT2D eigenvalue weighted by atomic mass is 32.2. The second kappa shape index (κ2) is 5.05. The van der Waals surface area contributed by atoms with Crippen LogP contribution >= 0.6 is 11.8 Å². The van der Waals surface area contributed by atoms with Crippen molar-refractivity contribution in [3.8, 4) is 0 Å². The lowest BCUT2D eigenvalue weighted by molar-refractivity contribution is -0.145. The molecule has 0 aromatic rings. The Morgan fingerprint density at radius 1 is 1.69 bits per heavy atom. The second-order valence-electron chi connectivity index (χ2n) is 3.52. The van der Waals surface area contributed by atoms with Gasteiger partial charge in [0.2, 0.25) is 0 Å². The van der Waals surface area contributed by atoms with Gasteiger partial charge in [0, 0.05) is 14.0 Å². The zero-order chi connectivity index (χ0) is 11.5. The standard InChI is InChI=1S/C10H14N2O3S/c1-6(13)14-5-7-3-4-8-9(15-7)16-10(11-2)12-8/h3-4,7-9H,5H2,1-2H3,(H,11,12)/t7-,8-,9-/m1/s1. The lowest BCUT2D eigenvalue weighted by atomic mass is 10.1. The summed E-state index contributed by atoms with van der Waals surface area (Å²) in [5.41, 5.74) is -0.00647. The summed E-state index contributed by atoms with van der Waals surface area (Å²) in [5, 5.41) is 3.88. The van der Waals surface area contributed by atoms with Crippen molar-refractivity contribution >= 4 is 22.9 Å². The summed E-state index contributed by atoms with van der Waals surface area (Å²) < 4.78 is 10.6. The number of fused-ring (bicyclic) bond motifs is 1. The van der Waals surface area contributed by atoms with Crippen molar-refractivity contribution < 1.29 is 14.3 Å². The molecule has 3 atom stereocenters. The molecule has 2 radical (unpaired) electrons. The van der Waals surface area contributed by atoms with Gasteiger partial charge in [-0.05, 0) is 12.8 Å². The molecule has 1 N–H and O–H groups in total. The molecule has 2 heterocycles. The fourth-order valence-electron chi connectivity index (χ4n) is 1.52. The summed E-state index contributed by atoms with van der Waals surface area (Å²) in [4.78, 5) is 15.1. The van der Waals surface area contributed by atoms with Crippen LogP contribution in [0.4, 0.5) is 0 Å². The van der Waals surface area contributed by atoms with Gasteiger partial charge in [-0.2, -0.15) is 0 Å². The Morgan fingerprint density at radius 3 is 3.19 bits per heavy atom. The van der Waals surface area contributed by atoms with E-state index in [4.69, 9.17) is 9.47 Å². The van der Waals surface area contributed by atoms with E-state index in [2.05, 4.69) is 10.3 Å². The van der Waals surface area contributed by atoms with Crippen LogP contribution in [0, 0.1) is 12.8 Å². The number of aliphatic imine (C=N–C) groups is 1. The molecule has 0 aliphatic carbocycles. The number of hydrogen-bond donors (Lipinski definition) is 1. The van der Waals surface area contributed by atoms with Gasteiger partial charge in [-0.1, -0.05) is 11.8 Å². The number of nitrogens with zero attached hydrogens (tertiary/aromatic N) is 1. The quantitative estimate of drug-likeness (QED) is 0.709. The average molecular weight is 242 g/mol. The van der Waals surface area contributed by atoms with E-state index in [0.717, 1.165) is 5.17 Å². The number of rotatable bonds is 2. The fraction of sp³-hybridized carbons (Fsp3) is 0.600. The van der Waals surface area contributed by atoms with Gasteiger partial charge in [-0.15, -0.1) is 0 Å². The summed E-state index contributed by atoms with van der Waals surface area (Å²) in [6.07, 6.45) is 3.73. The Balaban J connectivity index is 1.82. The Bertz CT molecular complexity index is 308. The van der Waals surface area contributed by atoms with Crippen LogP contribution in [0.5, 0.6) is 0 Å². The fourth-order valence-corrected chi connectivity index (χ4v) is 2.53. The summed E-state index contributed by atoms with van der Waals surface area (Å²) in [6, 6.07) is 0.0704. The van der Waals surface area contributed by atoms with Crippen molar-refractivity contribution in [2.75, 3.05) is 13.7 Å². The summed E-state index contributed by atoms with van der Waals surface area (Å²) in [5.74, 6) is -0.287. The SMILES string of the molecule is CNC1=N[C@@H]2[CH][CH][C@H](COC(C)=O)O[C@@H]2S1. The normalized spacial score (nSPS) is 32.9. The van der Waals surface area contributed by atoms with Crippen LogP contribution in [-0.4, -0.2) is 42.4 Å². The number of carbonyl (C=O) groups excluding carboxylic acids is 1. The van der Waals surface area contributed by atoms with Gasteiger partial charge in [0.25, 0.3) is 0 Å². The van der Waals surface area contributed by atoms with Gasteiger partial charge in [0.1, 0.15) is 12.0 Å². The van der Waals surface area contributed by atoms with Crippen molar-refractivity contribution in [2.45, 2.75) is 24.5 Å². The molecule has 0 saturated carbocycles. The van der Waals surface area contributed by atoms with E-state index in [1.807, 2.05) is 19.9 Å². The highest BCUT2D eigenvalue weighted by Gasteiger charge is 2.37. The first kappa shape index (κ1) is 11.7. The maximum atomic E-state index is 10.7. The van der Waals surface area contributed by atoms with E-state index in [-0.39, 0.29) is 30.2 Å². The smallest absolute Gasteiger partial charge is 0.302 e. The molecule has 88 valence electrons. The second-order valence-corrected chi connectivity index (χ2v) is 4.61. The molecule has 2 aliphatic rings. The Hall–Kier alpha value is -0.750. The van der Waals surface area contributed by atoms with Crippen molar-refractivity contribution in [2.24, 2.45) is 4.99 Å². The maximum absolute atomic E-state index is 10.7. The summed E-state index contributed by atoms with van der Waals surface area (Å²) in [7, 11) is 1.84. The Labute approximate surface area is 99.0 Å². The molecule has 6 heteroatoms. The maximum Gasteiger partial charge on any atom is 0.302 e. The molecule has 0 amide bonds. The van der Waals surface area contributed by atoms with E-state index >= 15 is 0 Å². The third-order valence-electron chi connectivity index (χ3n) is 2.27. The first-order valence-corrected chi connectivity index (χ1v) is 5.96. The molecule has 16 heavy (non-hydrogen) atoms. The minimum absolute atomic E-state index is 0.00647. The Kier molecular flexibility index (Phi) is 3.70. The van der Waals surface area contributed by atoms with Crippen LogP contribution in [0.2, 0.25) is 0 Å². The van der Waals surface area contributed by atoms with Gasteiger partial charge in [0.05, 0.1) is 12.1 Å². The molecular weight excluding hydrogens is 228 g/mol. The monoisotopic (exact) mass is 242 g/mol. The number of thioether (sulfide) groups is 1. The third kappa shape index (κ3) is 2.68. The van der Waals surface area contributed by atoms with Crippen molar-refractivity contribution in [3.63, 3.8) is 0 Å². The molecule has 0 aromatic carbocycles. The number of hydrogen-bond acceptors (Lipinski definition) is 6. The first-order chi connectivity index (χ1) is 7.69. The van der Waals surface area contributed by atoms with Crippen LogP contribution in [0.25, 0.3) is 0 Å². The van der Waals surface area contributed by atoms with Gasteiger partial charge >= 0.3 is 5.97 Å². The minimum Gasteiger partial charge on any atom is -0.463 e. The van der Waals surface area contributed by atoms with E-state index < -0.39 is 0 Å². The topological polar surface area (TPSA) is 59.9 Å². The van der Waals surface area contributed by atoms with E-state index in [1.54, 1.807) is 11.8 Å². The van der Waals surface area contributed by atoms with Crippen LogP contribution in [-0.2, 0) is 14.3 Å². The number of nitrogens with one attached hydrogen (secondary N) is 1. The van der Waals surface area contributed by atoms with Crippen LogP contribution < -0.4 is 5.32 Å². The van der Waals surface area contributed by atoms with Crippen molar-refractivity contribution in [3.05, 3.63) is 12.8 Å². The van der Waals surface area contributed by atoms with Crippen LogP contribution in [0.1, 0.15) is 6.92 Å². The molecule has 1 saturated heterocycles. The molecule has 2 aliphatic heterocycles. The van der Waals surface area contributed by atoms with Gasteiger partial charge in [-0.3, -0.25) is 9.79 Å². The zero-order valence-electron chi connectivity index (χ0n) is 9.17. The van der Waals surface area contributed by atoms with Crippen LogP contribution in [0.3, 0.4) is 0 Å². The highest BCUT2D eigenvalue weighted by Crippen LogP contribution is 2.34. The molecule has 5 nitrogen and oxygen atoms in total. The third-order valence-corrected chi connectivity index (χ3v) is 3.42. The molecule has 0 bridgehead atoms. The van der Waals surface area contributed by atoms with Crippen LogP contribution in [0.15, 0.2) is 4.99 Å². The average Bonchev–Trinajstić information content (AvgIpc) is 2.68. The lowest BCUT2D eigenvalue weighted by Gasteiger charge is -2.29. The molecule has 0 spiro atoms. The van der Waals surface area contributed by atoms with E-state index in [0.29, 0.717) is 0 Å². The largest absolute Gasteiger partial charge is 0.463 e. The molecule has 1 fully saturated rings. The summed E-state index contributed by atoms with van der Waals surface area (Å²) >= 11 is 1.56. The Morgan fingerprint density at radius 2 is 2.50 bits per heavy atom. The number of esters is 1. The van der Waals surface area contributed by atoms with E-state index in [1.165, 1.54) is 6.92 Å². The zero-order valence-corrected chi connectivity index (χ0v) is 9.99. The molecule has 2 rings (SSSR count). The number of carbonyl (C=O) groups is 1. The molecular formula is C10H14N2O3S. The van der Waals surface area contributed by atoms with Crippen molar-refractivity contribution in [1.29, 1.82) is 0 Å². The van der Waals surface area contributed by atoms with Gasteiger partial charge < -0.3 is 14.8 Å². The van der Waals surface area contributed by atoms with Gasteiger partial charge in [-0.25, -0.2) is 0 Å². The highest BCUT2D eigenvalue weighted by molar-refractivity contribution is 8.14. The molecule has 0 aromatic heterocycles. The predicted octanol–water partition coefficient (Wildman–Crippen LogP) is 0.374. The number of amidine groups is 1.